The van der Waals surface area contributed by atoms with E-state index in [9.17, 15) is 14.3 Å². The Hall–Kier alpha value is -3.09. The Balaban J connectivity index is 2.14. The van der Waals surface area contributed by atoms with Crippen LogP contribution in [0.2, 0.25) is 0 Å². The predicted molar refractivity (Wildman–Crippen MR) is 71.5 cm³/mol. The molecule has 1 aromatic heterocycles. The Morgan fingerprint density at radius 2 is 1.95 bits per heavy atom. The SMILES string of the molecule is O=C(O)c1cc(-c2cccc(F)c2)ccc1-n1cnnn1. The summed E-state index contributed by atoms with van der Waals surface area (Å²) < 4.78 is 14.5. The van der Waals surface area contributed by atoms with E-state index in [1.165, 1.54) is 29.2 Å². The molecule has 7 heteroatoms. The van der Waals surface area contributed by atoms with Gasteiger partial charge in [0, 0.05) is 0 Å². The van der Waals surface area contributed by atoms with Crippen LogP contribution < -0.4 is 0 Å². The second kappa shape index (κ2) is 5.12. The quantitative estimate of drug-likeness (QED) is 0.797. The van der Waals surface area contributed by atoms with E-state index in [2.05, 4.69) is 15.5 Å². The zero-order valence-corrected chi connectivity index (χ0v) is 10.6. The number of aromatic carboxylic acids is 1. The van der Waals surface area contributed by atoms with Gasteiger partial charge in [-0.3, -0.25) is 0 Å². The Morgan fingerprint density at radius 1 is 1.14 bits per heavy atom. The van der Waals surface area contributed by atoms with Gasteiger partial charge in [-0.25, -0.2) is 9.18 Å². The summed E-state index contributed by atoms with van der Waals surface area (Å²) >= 11 is 0. The van der Waals surface area contributed by atoms with Crippen molar-refractivity contribution in [2.75, 3.05) is 0 Å². The van der Waals surface area contributed by atoms with Crippen LogP contribution in [0.4, 0.5) is 4.39 Å². The number of tetrazole rings is 1. The number of aromatic nitrogens is 4. The van der Waals surface area contributed by atoms with Gasteiger partial charge in [-0.2, -0.15) is 4.68 Å². The molecule has 3 aromatic rings. The molecule has 0 unspecified atom stereocenters. The van der Waals surface area contributed by atoms with E-state index in [4.69, 9.17) is 0 Å². The van der Waals surface area contributed by atoms with Crippen LogP contribution in [0.25, 0.3) is 16.8 Å². The van der Waals surface area contributed by atoms with Gasteiger partial charge in [0.25, 0.3) is 0 Å². The lowest BCUT2D eigenvalue weighted by Gasteiger charge is -2.08. The molecule has 0 spiro atoms. The van der Waals surface area contributed by atoms with Crippen molar-refractivity contribution >= 4 is 5.97 Å². The number of carbonyl (C=O) groups is 1. The molecule has 0 saturated carbocycles. The van der Waals surface area contributed by atoms with Crippen LogP contribution in [-0.2, 0) is 0 Å². The molecular formula is C14H9FN4O2. The highest BCUT2D eigenvalue weighted by Crippen LogP contribution is 2.24. The molecule has 21 heavy (non-hydrogen) atoms. The molecule has 0 aliphatic carbocycles. The van der Waals surface area contributed by atoms with Crippen LogP contribution in [0.15, 0.2) is 48.8 Å². The second-order valence-electron chi connectivity index (χ2n) is 4.30. The third-order valence-electron chi connectivity index (χ3n) is 2.98. The van der Waals surface area contributed by atoms with Gasteiger partial charge in [0.05, 0.1) is 11.3 Å². The molecule has 0 atom stereocenters. The van der Waals surface area contributed by atoms with E-state index >= 15 is 0 Å². The van der Waals surface area contributed by atoms with Crippen LogP contribution >= 0.6 is 0 Å². The number of carboxylic acids is 1. The summed E-state index contributed by atoms with van der Waals surface area (Å²) in [7, 11) is 0. The average Bonchev–Trinajstić information content (AvgIpc) is 3.00. The third kappa shape index (κ3) is 2.48. The van der Waals surface area contributed by atoms with Gasteiger partial charge in [0.2, 0.25) is 0 Å². The summed E-state index contributed by atoms with van der Waals surface area (Å²) in [5.74, 6) is -1.49. The number of benzene rings is 2. The smallest absolute Gasteiger partial charge is 0.337 e. The zero-order valence-electron chi connectivity index (χ0n) is 10.6. The van der Waals surface area contributed by atoms with Gasteiger partial charge in [-0.15, -0.1) is 5.10 Å². The minimum atomic E-state index is -1.11. The number of hydrogen-bond donors (Lipinski definition) is 1. The van der Waals surface area contributed by atoms with Gasteiger partial charge in [-0.05, 0) is 45.8 Å². The molecule has 1 heterocycles. The van der Waals surface area contributed by atoms with E-state index < -0.39 is 5.97 Å². The number of halogens is 1. The van der Waals surface area contributed by atoms with Gasteiger partial charge in [0.1, 0.15) is 12.1 Å². The molecule has 0 fully saturated rings. The lowest BCUT2D eigenvalue weighted by atomic mass is 10.0. The summed E-state index contributed by atoms with van der Waals surface area (Å²) in [4.78, 5) is 11.4. The van der Waals surface area contributed by atoms with Gasteiger partial charge in [0.15, 0.2) is 0 Å². The highest BCUT2D eigenvalue weighted by Gasteiger charge is 2.14. The minimum absolute atomic E-state index is 0.0315. The van der Waals surface area contributed by atoms with Crippen LogP contribution in [0.5, 0.6) is 0 Å². The Bertz CT molecular complexity index is 802. The molecule has 0 aliphatic rings. The van der Waals surface area contributed by atoms with Crippen LogP contribution in [0.1, 0.15) is 10.4 Å². The molecule has 6 nitrogen and oxygen atoms in total. The summed E-state index contributed by atoms with van der Waals surface area (Å²) in [6.45, 7) is 0. The molecule has 0 radical (unpaired) electrons. The Kier molecular flexibility index (Phi) is 3.15. The van der Waals surface area contributed by atoms with Crippen molar-refractivity contribution in [2.45, 2.75) is 0 Å². The van der Waals surface area contributed by atoms with E-state index in [1.54, 1.807) is 24.3 Å². The van der Waals surface area contributed by atoms with Crippen LogP contribution in [-0.4, -0.2) is 31.3 Å². The summed E-state index contributed by atoms with van der Waals surface area (Å²) in [6, 6.07) is 10.7. The summed E-state index contributed by atoms with van der Waals surface area (Å²) in [5.41, 5.74) is 1.57. The number of carboxylic acid groups (broad SMARTS) is 1. The molecule has 2 aromatic carbocycles. The number of rotatable bonds is 3. The molecule has 0 aliphatic heterocycles. The van der Waals surface area contributed by atoms with Crippen molar-refractivity contribution in [3.8, 4) is 16.8 Å². The Morgan fingerprint density at radius 3 is 2.62 bits per heavy atom. The maximum atomic E-state index is 13.3. The van der Waals surface area contributed by atoms with E-state index in [0.29, 0.717) is 16.8 Å². The van der Waals surface area contributed by atoms with Gasteiger partial charge in [-0.1, -0.05) is 18.2 Å². The molecule has 104 valence electrons. The zero-order chi connectivity index (χ0) is 14.8. The normalized spacial score (nSPS) is 10.5. The molecule has 1 N–H and O–H groups in total. The molecule has 0 saturated heterocycles. The van der Waals surface area contributed by atoms with Crippen molar-refractivity contribution in [3.63, 3.8) is 0 Å². The average molecular weight is 284 g/mol. The first-order valence-electron chi connectivity index (χ1n) is 6.02. The minimum Gasteiger partial charge on any atom is -0.478 e. The van der Waals surface area contributed by atoms with Gasteiger partial charge >= 0.3 is 5.97 Å². The maximum absolute atomic E-state index is 13.3. The maximum Gasteiger partial charge on any atom is 0.337 e. The van der Waals surface area contributed by atoms with Gasteiger partial charge < -0.3 is 5.11 Å². The molecular weight excluding hydrogens is 275 g/mol. The first-order valence-corrected chi connectivity index (χ1v) is 6.02. The lowest BCUT2D eigenvalue weighted by Crippen LogP contribution is -2.06. The molecule has 0 amide bonds. The van der Waals surface area contributed by atoms with Crippen molar-refractivity contribution in [2.24, 2.45) is 0 Å². The van der Waals surface area contributed by atoms with Crippen LogP contribution in [0, 0.1) is 5.82 Å². The monoisotopic (exact) mass is 284 g/mol. The third-order valence-corrected chi connectivity index (χ3v) is 2.98. The first kappa shape index (κ1) is 12.9. The van der Waals surface area contributed by atoms with Crippen molar-refractivity contribution < 1.29 is 14.3 Å². The summed E-state index contributed by atoms with van der Waals surface area (Å²) in [5, 5.41) is 20.0. The Labute approximate surface area is 118 Å². The number of nitrogens with zero attached hydrogens (tertiary/aromatic N) is 4. The van der Waals surface area contributed by atoms with Crippen molar-refractivity contribution in [1.29, 1.82) is 0 Å². The van der Waals surface area contributed by atoms with Crippen molar-refractivity contribution in [3.05, 3.63) is 60.2 Å². The lowest BCUT2D eigenvalue weighted by molar-refractivity contribution is 0.0697. The molecule has 0 bridgehead atoms. The first-order chi connectivity index (χ1) is 10.1. The fourth-order valence-corrected chi connectivity index (χ4v) is 2.03. The van der Waals surface area contributed by atoms with E-state index in [-0.39, 0.29) is 11.4 Å². The second-order valence-corrected chi connectivity index (χ2v) is 4.30. The molecule has 3 rings (SSSR count). The van der Waals surface area contributed by atoms with Crippen molar-refractivity contribution in [1.82, 2.24) is 20.2 Å². The highest BCUT2D eigenvalue weighted by atomic mass is 19.1. The highest BCUT2D eigenvalue weighted by molar-refractivity contribution is 5.93. The van der Waals surface area contributed by atoms with E-state index in [1.807, 2.05) is 0 Å². The standard InChI is InChI=1S/C14H9FN4O2/c15-11-3-1-2-9(6-11)10-4-5-13(12(7-10)14(20)21)19-8-16-17-18-19/h1-8H,(H,20,21). The largest absolute Gasteiger partial charge is 0.478 e. The van der Waals surface area contributed by atoms with E-state index in [0.717, 1.165) is 0 Å². The fourth-order valence-electron chi connectivity index (χ4n) is 2.03. The summed E-state index contributed by atoms with van der Waals surface area (Å²) in [6.07, 6.45) is 1.31. The number of hydrogen-bond acceptors (Lipinski definition) is 4. The van der Waals surface area contributed by atoms with Crippen LogP contribution in [0.3, 0.4) is 0 Å². The topological polar surface area (TPSA) is 80.9 Å². The fraction of sp³-hybridized carbons (Fsp3) is 0. The predicted octanol–water partition coefficient (Wildman–Crippen LogP) is 2.17.